The SMILES string of the molecule is CCOCCc1nc(C)c(CC(=O)O)c(C)n1. The molecule has 0 radical (unpaired) electrons. The van der Waals surface area contributed by atoms with E-state index in [1.165, 1.54) is 0 Å². The summed E-state index contributed by atoms with van der Waals surface area (Å²) < 4.78 is 5.24. The van der Waals surface area contributed by atoms with Crippen molar-refractivity contribution < 1.29 is 14.6 Å². The van der Waals surface area contributed by atoms with Crippen LogP contribution in [0.2, 0.25) is 0 Å². The quantitative estimate of drug-likeness (QED) is 0.756. The molecule has 5 nitrogen and oxygen atoms in total. The molecular formula is C12H18N2O3. The number of carboxylic acids is 1. The third-order valence-electron chi connectivity index (χ3n) is 2.47. The molecule has 0 bridgehead atoms. The number of aliphatic carboxylic acids is 1. The average Bonchev–Trinajstić information content (AvgIpc) is 2.24. The van der Waals surface area contributed by atoms with Crippen molar-refractivity contribution in [3.05, 3.63) is 22.8 Å². The third kappa shape index (κ3) is 4.11. The number of rotatable bonds is 6. The summed E-state index contributed by atoms with van der Waals surface area (Å²) in [7, 11) is 0. The molecule has 5 heteroatoms. The van der Waals surface area contributed by atoms with Crippen molar-refractivity contribution in [2.45, 2.75) is 33.6 Å². The Balaban J connectivity index is 2.81. The average molecular weight is 238 g/mol. The minimum absolute atomic E-state index is 0.0244. The van der Waals surface area contributed by atoms with E-state index in [1.54, 1.807) is 0 Å². The fraction of sp³-hybridized carbons (Fsp3) is 0.583. The predicted octanol–water partition coefficient (Wildman–Crippen LogP) is 1.30. The molecule has 0 aliphatic heterocycles. The maximum absolute atomic E-state index is 10.7. The third-order valence-corrected chi connectivity index (χ3v) is 2.47. The fourth-order valence-corrected chi connectivity index (χ4v) is 1.64. The highest BCUT2D eigenvalue weighted by Crippen LogP contribution is 2.11. The molecule has 0 fully saturated rings. The molecule has 0 unspecified atom stereocenters. The van der Waals surface area contributed by atoms with E-state index in [1.807, 2.05) is 20.8 Å². The summed E-state index contributed by atoms with van der Waals surface area (Å²) in [6, 6.07) is 0. The smallest absolute Gasteiger partial charge is 0.307 e. The van der Waals surface area contributed by atoms with Gasteiger partial charge in [-0.05, 0) is 20.8 Å². The van der Waals surface area contributed by atoms with E-state index < -0.39 is 5.97 Å². The predicted molar refractivity (Wildman–Crippen MR) is 63.0 cm³/mol. The zero-order valence-corrected chi connectivity index (χ0v) is 10.5. The summed E-state index contributed by atoms with van der Waals surface area (Å²) in [4.78, 5) is 19.3. The molecule has 0 spiro atoms. The van der Waals surface area contributed by atoms with Gasteiger partial charge in [-0.1, -0.05) is 0 Å². The van der Waals surface area contributed by atoms with Gasteiger partial charge < -0.3 is 9.84 Å². The Morgan fingerprint density at radius 3 is 2.35 bits per heavy atom. The van der Waals surface area contributed by atoms with Crippen molar-refractivity contribution >= 4 is 5.97 Å². The standard InChI is InChI=1S/C12H18N2O3/c1-4-17-6-5-11-13-8(2)10(7-12(15)16)9(3)14-11/h4-7H2,1-3H3,(H,15,16). The Labute approximate surface area is 101 Å². The minimum atomic E-state index is -0.859. The molecule has 94 valence electrons. The molecule has 1 heterocycles. The number of carboxylic acid groups (broad SMARTS) is 1. The highest BCUT2D eigenvalue weighted by atomic mass is 16.5. The molecule has 0 saturated carbocycles. The Morgan fingerprint density at radius 1 is 1.29 bits per heavy atom. The summed E-state index contributed by atoms with van der Waals surface area (Å²) in [5.41, 5.74) is 2.19. The van der Waals surface area contributed by atoms with Crippen LogP contribution in [0.4, 0.5) is 0 Å². The van der Waals surface area contributed by atoms with Gasteiger partial charge in [0.15, 0.2) is 0 Å². The zero-order chi connectivity index (χ0) is 12.8. The summed E-state index contributed by atoms with van der Waals surface area (Å²) in [5, 5.41) is 8.78. The number of aryl methyl sites for hydroxylation is 2. The summed E-state index contributed by atoms with van der Waals surface area (Å²) in [6.07, 6.45) is 0.631. The van der Waals surface area contributed by atoms with Gasteiger partial charge in [-0.15, -0.1) is 0 Å². The van der Waals surface area contributed by atoms with Crippen molar-refractivity contribution in [3.63, 3.8) is 0 Å². The van der Waals surface area contributed by atoms with Crippen LogP contribution in [0.3, 0.4) is 0 Å². The van der Waals surface area contributed by atoms with Crippen molar-refractivity contribution in [2.75, 3.05) is 13.2 Å². The highest BCUT2D eigenvalue weighted by Gasteiger charge is 2.11. The van der Waals surface area contributed by atoms with E-state index in [9.17, 15) is 4.79 Å². The van der Waals surface area contributed by atoms with Crippen LogP contribution < -0.4 is 0 Å². The lowest BCUT2D eigenvalue weighted by atomic mass is 10.1. The van der Waals surface area contributed by atoms with Gasteiger partial charge in [0.2, 0.25) is 0 Å². The van der Waals surface area contributed by atoms with Crippen LogP contribution in [0.15, 0.2) is 0 Å². The van der Waals surface area contributed by atoms with Gasteiger partial charge in [0.05, 0.1) is 13.0 Å². The Morgan fingerprint density at radius 2 is 1.88 bits per heavy atom. The number of aromatic nitrogens is 2. The van der Waals surface area contributed by atoms with E-state index in [0.29, 0.717) is 31.0 Å². The fourth-order valence-electron chi connectivity index (χ4n) is 1.64. The van der Waals surface area contributed by atoms with Gasteiger partial charge in [0, 0.05) is 30.0 Å². The van der Waals surface area contributed by atoms with Crippen LogP contribution in [-0.2, 0) is 22.4 Å². The van der Waals surface area contributed by atoms with Crippen molar-refractivity contribution in [3.8, 4) is 0 Å². The molecule has 0 atom stereocenters. The molecule has 1 aromatic heterocycles. The molecule has 0 amide bonds. The van der Waals surface area contributed by atoms with Crippen molar-refractivity contribution in [1.29, 1.82) is 0 Å². The molecule has 0 aliphatic rings. The topological polar surface area (TPSA) is 72.3 Å². The minimum Gasteiger partial charge on any atom is -0.481 e. The molecular weight excluding hydrogens is 220 g/mol. The largest absolute Gasteiger partial charge is 0.481 e. The molecule has 1 N–H and O–H groups in total. The van der Waals surface area contributed by atoms with Crippen LogP contribution >= 0.6 is 0 Å². The molecule has 1 aromatic rings. The lowest BCUT2D eigenvalue weighted by molar-refractivity contribution is -0.136. The molecule has 0 saturated heterocycles. The van der Waals surface area contributed by atoms with E-state index in [0.717, 1.165) is 11.4 Å². The lowest BCUT2D eigenvalue weighted by Gasteiger charge is -2.09. The normalized spacial score (nSPS) is 10.5. The van der Waals surface area contributed by atoms with Gasteiger partial charge >= 0.3 is 5.97 Å². The van der Waals surface area contributed by atoms with Crippen molar-refractivity contribution in [2.24, 2.45) is 0 Å². The second-order valence-corrected chi connectivity index (χ2v) is 3.81. The first kappa shape index (κ1) is 13.6. The summed E-state index contributed by atoms with van der Waals surface area (Å²) in [6.45, 7) is 6.84. The molecule has 17 heavy (non-hydrogen) atoms. The van der Waals surface area contributed by atoms with Crippen LogP contribution in [-0.4, -0.2) is 34.3 Å². The molecule has 1 rings (SSSR count). The maximum Gasteiger partial charge on any atom is 0.307 e. The van der Waals surface area contributed by atoms with Crippen LogP contribution in [0.25, 0.3) is 0 Å². The Bertz CT molecular complexity index is 382. The van der Waals surface area contributed by atoms with Gasteiger partial charge in [-0.25, -0.2) is 9.97 Å². The Hall–Kier alpha value is -1.49. The van der Waals surface area contributed by atoms with E-state index in [2.05, 4.69) is 9.97 Å². The second kappa shape index (κ2) is 6.30. The highest BCUT2D eigenvalue weighted by molar-refractivity contribution is 5.70. The summed E-state index contributed by atoms with van der Waals surface area (Å²) >= 11 is 0. The number of hydrogen-bond acceptors (Lipinski definition) is 4. The number of hydrogen-bond donors (Lipinski definition) is 1. The van der Waals surface area contributed by atoms with Crippen LogP contribution in [0.1, 0.15) is 29.7 Å². The number of nitrogens with zero attached hydrogens (tertiary/aromatic N) is 2. The zero-order valence-electron chi connectivity index (χ0n) is 10.5. The second-order valence-electron chi connectivity index (χ2n) is 3.81. The maximum atomic E-state index is 10.7. The van der Waals surface area contributed by atoms with E-state index in [-0.39, 0.29) is 6.42 Å². The first-order valence-corrected chi connectivity index (χ1v) is 5.67. The number of ether oxygens (including phenoxy) is 1. The van der Waals surface area contributed by atoms with Gasteiger partial charge in [-0.2, -0.15) is 0 Å². The van der Waals surface area contributed by atoms with Crippen LogP contribution in [0.5, 0.6) is 0 Å². The first-order chi connectivity index (χ1) is 8.04. The summed E-state index contributed by atoms with van der Waals surface area (Å²) in [5.74, 6) is -0.149. The molecule has 0 aromatic carbocycles. The monoisotopic (exact) mass is 238 g/mol. The van der Waals surface area contributed by atoms with E-state index >= 15 is 0 Å². The van der Waals surface area contributed by atoms with Crippen LogP contribution in [0, 0.1) is 13.8 Å². The number of carbonyl (C=O) groups is 1. The lowest BCUT2D eigenvalue weighted by Crippen LogP contribution is -2.11. The van der Waals surface area contributed by atoms with Gasteiger partial charge in [-0.3, -0.25) is 4.79 Å². The molecule has 0 aliphatic carbocycles. The van der Waals surface area contributed by atoms with Gasteiger partial charge in [0.1, 0.15) is 5.82 Å². The van der Waals surface area contributed by atoms with E-state index in [4.69, 9.17) is 9.84 Å². The van der Waals surface area contributed by atoms with Crippen molar-refractivity contribution in [1.82, 2.24) is 9.97 Å². The first-order valence-electron chi connectivity index (χ1n) is 5.67. The van der Waals surface area contributed by atoms with Gasteiger partial charge in [0.25, 0.3) is 0 Å². The Kier molecular flexibility index (Phi) is 5.03.